The van der Waals surface area contributed by atoms with Crippen molar-refractivity contribution >= 4 is 17.5 Å². The van der Waals surface area contributed by atoms with Gasteiger partial charge in [-0.05, 0) is 61.6 Å². The molecule has 0 spiro atoms. The van der Waals surface area contributed by atoms with E-state index in [0.717, 1.165) is 28.3 Å². The van der Waals surface area contributed by atoms with Crippen LogP contribution in [0.3, 0.4) is 0 Å². The first kappa shape index (κ1) is 22.8. The monoisotopic (exact) mass is 447 g/mol. The Bertz CT molecular complexity index is 1100. The number of methoxy groups -OCH3 is 2. The van der Waals surface area contributed by atoms with Crippen LogP contribution in [0.25, 0.3) is 0 Å². The molecule has 172 valence electrons. The highest BCUT2D eigenvalue weighted by Gasteiger charge is 2.44. The van der Waals surface area contributed by atoms with E-state index in [1.165, 1.54) is 0 Å². The van der Waals surface area contributed by atoms with Crippen molar-refractivity contribution in [2.45, 2.75) is 38.5 Å². The maximum atomic E-state index is 13.5. The number of allylic oxidation sites excluding steroid dienone is 2. The minimum atomic E-state index is -0.626. The van der Waals surface area contributed by atoms with Crippen LogP contribution in [-0.4, -0.2) is 38.3 Å². The molecule has 6 heteroatoms. The maximum Gasteiger partial charge on any atom is 0.315 e. The van der Waals surface area contributed by atoms with E-state index in [2.05, 4.69) is 0 Å². The van der Waals surface area contributed by atoms with Gasteiger partial charge in [0.05, 0.1) is 20.8 Å². The van der Waals surface area contributed by atoms with Crippen LogP contribution in [0.5, 0.6) is 11.5 Å². The lowest BCUT2D eigenvalue weighted by atomic mass is 9.69. The Hall–Kier alpha value is -3.41. The lowest BCUT2D eigenvalue weighted by molar-refractivity contribution is -0.146. The molecule has 1 heterocycles. The highest BCUT2D eigenvalue weighted by molar-refractivity contribution is 6.09. The van der Waals surface area contributed by atoms with Crippen molar-refractivity contribution in [1.82, 2.24) is 0 Å². The van der Waals surface area contributed by atoms with Crippen LogP contribution >= 0.6 is 0 Å². The first-order valence-electron chi connectivity index (χ1n) is 11.2. The summed E-state index contributed by atoms with van der Waals surface area (Å²) in [4.78, 5) is 31.3. The molecule has 2 aromatic carbocycles. The molecule has 1 aliphatic carbocycles. The predicted octanol–water partition coefficient (Wildman–Crippen LogP) is 4.84. The smallest absolute Gasteiger partial charge is 0.315 e. The predicted molar refractivity (Wildman–Crippen MR) is 126 cm³/mol. The molecule has 0 amide bonds. The Morgan fingerprint density at radius 3 is 2.06 bits per heavy atom. The Morgan fingerprint density at radius 2 is 1.52 bits per heavy atom. The van der Waals surface area contributed by atoms with Crippen molar-refractivity contribution in [1.29, 1.82) is 0 Å². The summed E-state index contributed by atoms with van der Waals surface area (Å²) in [6.07, 6.45) is 1.02. The number of carbonyl (C=O) groups is 2. The molecule has 0 fully saturated rings. The molecule has 0 saturated carbocycles. The fraction of sp³-hybridized carbons (Fsp3) is 0.370. The van der Waals surface area contributed by atoms with Gasteiger partial charge in [-0.3, -0.25) is 14.6 Å². The first-order valence-corrected chi connectivity index (χ1v) is 11.2. The van der Waals surface area contributed by atoms with Gasteiger partial charge in [-0.15, -0.1) is 0 Å². The first-order chi connectivity index (χ1) is 16.0. The van der Waals surface area contributed by atoms with Gasteiger partial charge in [0.1, 0.15) is 17.4 Å². The lowest BCUT2D eigenvalue weighted by Gasteiger charge is -2.36. The summed E-state index contributed by atoms with van der Waals surface area (Å²) < 4.78 is 15.9. The van der Waals surface area contributed by atoms with Gasteiger partial charge in [0.2, 0.25) is 0 Å². The van der Waals surface area contributed by atoms with E-state index in [-0.39, 0.29) is 24.3 Å². The molecule has 3 atom stereocenters. The number of aliphatic imine (C=N–C) groups is 1. The van der Waals surface area contributed by atoms with Crippen molar-refractivity contribution in [2.75, 3.05) is 20.8 Å². The Morgan fingerprint density at radius 1 is 0.939 bits per heavy atom. The number of carbonyl (C=O) groups excluding carboxylic acids is 2. The second kappa shape index (κ2) is 9.61. The molecule has 0 aromatic heterocycles. The van der Waals surface area contributed by atoms with Crippen molar-refractivity contribution < 1.29 is 23.8 Å². The minimum absolute atomic E-state index is 0.0310. The Labute approximate surface area is 194 Å². The van der Waals surface area contributed by atoms with E-state index in [1.54, 1.807) is 21.1 Å². The van der Waals surface area contributed by atoms with Gasteiger partial charge in [0.15, 0.2) is 5.78 Å². The summed E-state index contributed by atoms with van der Waals surface area (Å²) in [6, 6.07) is 15.4. The second-order valence-corrected chi connectivity index (χ2v) is 8.40. The van der Waals surface area contributed by atoms with Crippen molar-refractivity contribution in [2.24, 2.45) is 10.9 Å². The number of nitrogens with zero attached hydrogens (tertiary/aromatic N) is 1. The highest BCUT2D eigenvalue weighted by atomic mass is 16.5. The SMILES string of the molecule is CCOC(=O)C1C(C)=NC2=C(C(=O)C[C@H](c3ccc(OC)cc3)C2)[C@@H]1c1ccc(OC)cc1. The maximum absolute atomic E-state index is 13.5. The van der Waals surface area contributed by atoms with Crippen LogP contribution < -0.4 is 9.47 Å². The van der Waals surface area contributed by atoms with E-state index in [9.17, 15) is 9.59 Å². The minimum Gasteiger partial charge on any atom is -0.497 e. The quantitative estimate of drug-likeness (QED) is 0.593. The fourth-order valence-electron chi connectivity index (χ4n) is 4.88. The number of rotatable bonds is 6. The second-order valence-electron chi connectivity index (χ2n) is 8.40. The van der Waals surface area contributed by atoms with Gasteiger partial charge >= 0.3 is 5.97 Å². The third kappa shape index (κ3) is 4.42. The molecule has 4 rings (SSSR count). The van der Waals surface area contributed by atoms with Crippen molar-refractivity contribution in [3.05, 3.63) is 70.9 Å². The molecule has 2 aliphatic rings. The highest BCUT2D eigenvalue weighted by Crippen LogP contribution is 2.47. The summed E-state index contributed by atoms with van der Waals surface area (Å²) in [5, 5.41) is 0. The number of Topliss-reactive ketones (excluding diaryl/α,β-unsaturated/α-hetero) is 1. The standard InChI is InChI=1S/C27H29NO5/c1-5-33-27(30)24-16(2)28-22-14-19(17-6-10-20(31-3)11-7-17)15-23(29)26(22)25(24)18-8-12-21(32-4)13-9-18/h6-13,19,24-25H,5,14-15H2,1-4H3/t19-,24?,25-/m1/s1. The average Bonchev–Trinajstić information content (AvgIpc) is 2.83. The molecular weight excluding hydrogens is 418 g/mol. The van der Waals surface area contributed by atoms with E-state index < -0.39 is 11.8 Å². The van der Waals surface area contributed by atoms with Crippen LogP contribution in [0, 0.1) is 5.92 Å². The summed E-state index contributed by atoms with van der Waals surface area (Å²) >= 11 is 0. The lowest BCUT2D eigenvalue weighted by Crippen LogP contribution is -2.38. The molecule has 0 saturated heterocycles. The molecule has 1 aliphatic heterocycles. The number of ether oxygens (including phenoxy) is 3. The molecule has 0 radical (unpaired) electrons. The number of esters is 1. The van der Waals surface area contributed by atoms with E-state index >= 15 is 0 Å². The Kier molecular flexibility index (Phi) is 6.63. The summed E-state index contributed by atoms with van der Waals surface area (Å²) in [5.41, 5.74) is 4.04. The average molecular weight is 448 g/mol. The molecule has 0 N–H and O–H groups in total. The van der Waals surface area contributed by atoms with Gasteiger partial charge in [0, 0.05) is 29.3 Å². The molecule has 2 aromatic rings. The fourth-order valence-corrected chi connectivity index (χ4v) is 4.88. The van der Waals surface area contributed by atoms with Gasteiger partial charge in [-0.1, -0.05) is 24.3 Å². The summed E-state index contributed by atoms with van der Waals surface area (Å²) in [6.45, 7) is 3.91. The van der Waals surface area contributed by atoms with Crippen molar-refractivity contribution in [3.63, 3.8) is 0 Å². The van der Waals surface area contributed by atoms with E-state index in [4.69, 9.17) is 19.2 Å². The van der Waals surface area contributed by atoms with E-state index in [1.807, 2.05) is 55.5 Å². The van der Waals surface area contributed by atoms with Gasteiger partial charge in [-0.2, -0.15) is 0 Å². The molecular formula is C27H29NO5. The topological polar surface area (TPSA) is 74.2 Å². The van der Waals surface area contributed by atoms with Gasteiger partial charge in [0.25, 0.3) is 0 Å². The molecule has 6 nitrogen and oxygen atoms in total. The third-order valence-electron chi connectivity index (χ3n) is 6.49. The van der Waals surface area contributed by atoms with Crippen LogP contribution in [0.15, 0.2) is 64.8 Å². The largest absolute Gasteiger partial charge is 0.497 e. The molecule has 1 unspecified atom stereocenters. The molecule has 33 heavy (non-hydrogen) atoms. The van der Waals surface area contributed by atoms with Gasteiger partial charge in [-0.25, -0.2) is 0 Å². The number of hydrogen-bond acceptors (Lipinski definition) is 6. The normalized spacial score (nSPS) is 22.4. The summed E-state index contributed by atoms with van der Waals surface area (Å²) in [7, 11) is 3.24. The Balaban J connectivity index is 1.76. The van der Waals surface area contributed by atoms with Gasteiger partial charge < -0.3 is 14.2 Å². The van der Waals surface area contributed by atoms with Crippen LogP contribution in [0.2, 0.25) is 0 Å². The van der Waals surface area contributed by atoms with Crippen LogP contribution in [0.4, 0.5) is 0 Å². The number of benzene rings is 2. The molecule has 0 bridgehead atoms. The summed E-state index contributed by atoms with van der Waals surface area (Å²) in [5.74, 6) is 0.167. The number of ketones is 1. The van der Waals surface area contributed by atoms with E-state index in [0.29, 0.717) is 24.1 Å². The van der Waals surface area contributed by atoms with Crippen LogP contribution in [-0.2, 0) is 14.3 Å². The number of hydrogen-bond donors (Lipinski definition) is 0. The van der Waals surface area contributed by atoms with Crippen molar-refractivity contribution in [3.8, 4) is 11.5 Å². The zero-order valence-electron chi connectivity index (χ0n) is 19.5. The zero-order chi connectivity index (χ0) is 23.5. The zero-order valence-corrected chi connectivity index (χ0v) is 19.5. The third-order valence-corrected chi connectivity index (χ3v) is 6.49. The van der Waals surface area contributed by atoms with Crippen LogP contribution in [0.1, 0.15) is 49.7 Å².